The summed E-state index contributed by atoms with van der Waals surface area (Å²) in [6.07, 6.45) is 4.47. The number of methoxy groups -OCH3 is 1. The van der Waals surface area contributed by atoms with Gasteiger partial charge in [-0.15, -0.1) is 0 Å². The van der Waals surface area contributed by atoms with Crippen LogP contribution in [-0.2, 0) is 20.7 Å². The summed E-state index contributed by atoms with van der Waals surface area (Å²) in [5.41, 5.74) is 2.00. The molecular weight excluding hydrogens is 280 g/mol. The zero-order valence-electron chi connectivity index (χ0n) is 13.0. The number of H-pyrrole nitrogens is 1. The standard InChI is InChI=1S/C17H22N2O3/c1-3-4-9-16(20)19-15(17(21)22-2)10-12-11-18-14-8-6-5-7-13(12)14/h5-8,11,15,18H,3-4,9-10H2,1-2H3,(H,19,20)/t15-/m1/s1. The number of para-hydroxylation sites is 1. The second-order valence-electron chi connectivity index (χ2n) is 5.31. The normalized spacial score (nSPS) is 12.1. The molecule has 0 radical (unpaired) electrons. The average molecular weight is 302 g/mol. The molecule has 5 nitrogen and oxygen atoms in total. The lowest BCUT2D eigenvalue weighted by atomic mass is 10.0. The third-order valence-electron chi connectivity index (χ3n) is 3.68. The second kappa shape index (κ2) is 7.64. The van der Waals surface area contributed by atoms with Crippen molar-refractivity contribution < 1.29 is 14.3 Å². The molecule has 2 N–H and O–H groups in total. The topological polar surface area (TPSA) is 71.2 Å². The summed E-state index contributed by atoms with van der Waals surface area (Å²) in [7, 11) is 1.34. The minimum absolute atomic E-state index is 0.114. The fourth-order valence-corrected chi connectivity index (χ4v) is 2.46. The van der Waals surface area contributed by atoms with Crippen LogP contribution in [0.25, 0.3) is 10.9 Å². The first-order valence-electron chi connectivity index (χ1n) is 7.58. The number of ether oxygens (including phenoxy) is 1. The molecule has 2 aromatic rings. The molecule has 1 amide bonds. The van der Waals surface area contributed by atoms with Crippen LogP contribution in [0.4, 0.5) is 0 Å². The molecule has 0 aliphatic heterocycles. The number of carbonyl (C=O) groups is 2. The fourth-order valence-electron chi connectivity index (χ4n) is 2.46. The molecule has 0 saturated heterocycles. The quantitative estimate of drug-likeness (QED) is 0.772. The molecule has 0 unspecified atom stereocenters. The summed E-state index contributed by atoms with van der Waals surface area (Å²) in [6.45, 7) is 2.02. The predicted molar refractivity (Wildman–Crippen MR) is 85.5 cm³/mol. The molecule has 2 rings (SSSR count). The Morgan fingerprint density at radius 1 is 1.32 bits per heavy atom. The molecule has 1 atom stereocenters. The Morgan fingerprint density at radius 2 is 2.09 bits per heavy atom. The van der Waals surface area contributed by atoms with Crippen LogP contribution >= 0.6 is 0 Å². The van der Waals surface area contributed by atoms with Crippen molar-refractivity contribution in [1.29, 1.82) is 0 Å². The maximum absolute atomic E-state index is 11.9. The molecule has 0 fully saturated rings. The lowest BCUT2D eigenvalue weighted by Crippen LogP contribution is -2.42. The van der Waals surface area contributed by atoms with Gasteiger partial charge in [0.2, 0.25) is 5.91 Å². The van der Waals surface area contributed by atoms with Crippen LogP contribution in [0.2, 0.25) is 0 Å². The number of rotatable bonds is 7. The van der Waals surface area contributed by atoms with Crippen molar-refractivity contribution >= 4 is 22.8 Å². The summed E-state index contributed by atoms with van der Waals surface area (Å²) < 4.78 is 4.81. The zero-order chi connectivity index (χ0) is 15.9. The Morgan fingerprint density at radius 3 is 2.82 bits per heavy atom. The number of unbranched alkanes of at least 4 members (excludes halogenated alkanes) is 1. The summed E-state index contributed by atoms with van der Waals surface area (Å²) in [6, 6.07) is 7.22. The van der Waals surface area contributed by atoms with Gasteiger partial charge in [-0.05, 0) is 18.1 Å². The van der Waals surface area contributed by atoms with Gasteiger partial charge in [0.05, 0.1) is 7.11 Å². The third-order valence-corrected chi connectivity index (χ3v) is 3.68. The van der Waals surface area contributed by atoms with E-state index in [0.29, 0.717) is 12.8 Å². The fraction of sp³-hybridized carbons (Fsp3) is 0.412. The van der Waals surface area contributed by atoms with Gasteiger partial charge in [-0.2, -0.15) is 0 Å². The summed E-state index contributed by atoms with van der Waals surface area (Å²) in [5.74, 6) is -0.535. The highest BCUT2D eigenvalue weighted by Crippen LogP contribution is 2.19. The Hall–Kier alpha value is -2.30. The molecule has 0 saturated carbocycles. The highest BCUT2D eigenvalue weighted by atomic mass is 16.5. The zero-order valence-corrected chi connectivity index (χ0v) is 13.0. The van der Waals surface area contributed by atoms with Crippen molar-refractivity contribution in [2.45, 2.75) is 38.6 Å². The minimum atomic E-state index is -0.659. The highest BCUT2D eigenvalue weighted by Gasteiger charge is 2.22. The van der Waals surface area contributed by atoms with Crippen LogP contribution in [0, 0.1) is 0 Å². The lowest BCUT2D eigenvalue weighted by molar-refractivity contribution is -0.145. The van der Waals surface area contributed by atoms with Gasteiger partial charge in [0.15, 0.2) is 0 Å². The van der Waals surface area contributed by atoms with Gasteiger partial charge in [0.1, 0.15) is 6.04 Å². The molecular formula is C17H22N2O3. The lowest BCUT2D eigenvalue weighted by Gasteiger charge is -2.16. The number of esters is 1. The van der Waals surface area contributed by atoms with E-state index in [9.17, 15) is 9.59 Å². The Balaban J connectivity index is 2.12. The van der Waals surface area contributed by atoms with Crippen molar-refractivity contribution in [2.24, 2.45) is 0 Å². The first-order valence-corrected chi connectivity index (χ1v) is 7.58. The van der Waals surface area contributed by atoms with Gasteiger partial charge in [-0.25, -0.2) is 4.79 Å². The van der Waals surface area contributed by atoms with Crippen LogP contribution in [-0.4, -0.2) is 30.0 Å². The summed E-state index contributed by atoms with van der Waals surface area (Å²) in [4.78, 5) is 27.0. The number of nitrogens with one attached hydrogen (secondary N) is 2. The third kappa shape index (κ3) is 3.87. The second-order valence-corrected chi connectivity index (χ2v) is 5.31. The number of hydrogen-bond acceptors (Lipinski definition) is 3. The SMILES string of the molecule is CCCCC(=O)N[C@H](Cc1c[nH]c2ccccc12)C(=O)OC. The molecule has 22 heavy (non-hydrogen) atoms. The summed E-state index contributed by atoms with van der Waals surface area (Å²) in [5, 5.41) is 3.83. The van der Waals surface area contributed by atoms with Crippen molar-refractivity contribution in [3.63, 3.8) is 0 Å². The Labute approximate surface area is 130 Å². The van der Waals surface area contributed by atoms with Crippen LogP contribution in [0.5, 0.6) is 0 Å². The summed E-state index contributed by atoms with van der Waals surface area (Å²) >= 11 is 0. The first-order chi connectivity index (χ1) is 10.7. The van der Waals surface area contributed by atoms with Crippen LogP contribution in [0.3, 0.4) is 0 Å². The van der Waals surface area contributed by atoms with Crippen LogP contribution < -0.4 is 5.32 Å². The highest BCUT2D eigenvalue weighted by molar-refractivity contribution is 5.87. The number of carbonyl (C=O) groups excluding carboxylic acids is 2. The molecule has 0 aliphatic rings. The number of amides is 1. The number of benzene rings is 1. The molecule has 1 aromatic carbocycles. The molecule has 0 spiro atoms. The minimum Gasteiger partial charge on any atom is -0.467 e. The average Bonchev–Trinajstić information content (AvgIpc) is 2.94. The van der Waals surface area contributed by atoms with Gasteiger partial charge >= 0.3 is 5.97 Å². The number of aromatic nitrogens is 1. The van der Waals surface area contributed by atoms with E-state index < -0.39 is 12.0 Å². The molecule has 0 aliphatic carbocycles. The van der Waals surface area contributed by atoms with Crippen molar-refractivity contribution in [3.8, 4) is 0 Å². The van der Waals surface area contributed by atoms with Gasteiger partial charge < -0.3 is 15.0 Å². The maximum Gasteiger partial charge on any atom is 0.328 e. The predicted octanol–water partition coefficient (Wildman–Crippen LogP) is 2.56. The molecule has 5 heteroatoms. The molecule has 1 aromatic heterocycles. The van der Waals surface area contributed by atoms with Gasteiger partial charge in [-0.1, -0.05) is 31.5 Å². The van der Waals surface area contributed by atoms with Gasteiger partial charge in [0.25, 0.3) is 0 Å². The largest absolute Gasteiger partial charge is 0.467 e. The monoisotopic (exact) mass is 302 g/mol. The maximum atomic E-state index is 11.9. The van der Waals surface area contributed by atoms with E-state index in [4.69, 9.17) is 4.74 Å². The van der Waals surface area contributed by atoms with E-state index >= 15 is 0 Å². The van der Waals surface area contributed by atoms with E-state index in [1.807, 2.05) is 37.4 Å². The van der Waals surface area contributed by atoms with E-state index in [2.05, 4.69) is 10.3 Å². The molecule has 118 valence electrons. The Bertz CT molecular complexity index is 648. The number of fused-ring (bicyclic) bond motifs is 1. The first kappa shape index (κ1) is 16.1. The van der Waals surface area contributed by atoms with Crippen molar-refractivity contribution in [3.05, 3.63) is 36.0 Å². The Kier molecular flexibility index (Phi) is 5.58. The smallest absolute Gasteiger partial charge is 0.328 e. The molecule has 0 bridgehead atoms. The van der Waals surface area contributed by atoms with E-state index in [1.54, 1.807) is 0 Å². The van der Waals surface area contributed by atoms with Gasteiger partial charge in [0, 0.05) is 29.9 Å². The van der Waals surface area contributed by atoms with E-state index in [1.165, 1.54) is 7.11 Å². The van der Waals surface area contributed by atoms with Gasteiger partial charge in [-0.3, -0.25) is 4.79 Å². The van der Waals surface area contributed by atoms with Crippen LogP contribution in [0.15, 0.2) is 30.5 Å². The van der Waals surface area contributed by atoms with Crippen LogP contribution in [0.1, 0.15) is 31.7 Å². The molecule has 1 heterocycles. The van der Waals surface area contributed by atoms with Crippen molar-refractivity contribution in [2.75, 3.05) is 7.11 Å². The number of aromatic amines is 1. The number of hydrogen-bond donors (Lipinski definition) is 2. The van der Waals surface area contributed by atoms with E-state index in [-0.39, 0.29) is 5.91 Å². The van der Waals surface area contributed by atoms with Crippen molar-refractivity contribution in [1.82, 2.24) is 10.3 Å². The van der Waals surface area contributed by atoms with E-state index in [0.717, 1.165) is 29.3 Å².